The second-order valence-corrected chi connectivity index (χ2v) is 5.88. The largest absolute Gasteiger partial charge is 0.330 e. The third-order valence-electron chi connectivity index (χ3n) is 4.28. The molecule has 2 atom stereocenters. The van der Waals surface area contributed by atoms with Crippen molar-refractivity contribution in [1.29, 1.82) is 0 Å². The van der Waals surface area contributed by atoms with Crippen molar-refractivity contribution in [2.24, 2.45) is 17.2 Å². The molecule has 5 heteroatoms. The van der Waals surface area contributed by atoms with E-state index >= 15 is 0 Å². The van der Waals surface area contributed by atoms with E-state index in [9.17, 15) is 0 Å². The van der Waals surface area contributed by atoms with Crippen molar-refractivity contribution in [2.75, 3.05) is 39.3 Å². The summed E-state index contributed by atoms with van der Waals surface area (Å²) in [6.07, 6.45) is 8.51. The molecular weight excluding hydrogens is 250 g/mol. The zero-order valence-electron chi connectivity index (χ0n) is 13.0. The summed E-state index contributed by atoms with van der Waals surface area (Å²) < 4.78 is 0. The van der Waals surface area contributed by atoms with Crippen LogP contribution >= 0.6 is 0 Å². The van der Waals surface area contributed by atoms with Crippen LogP contribution in [0, 0.1) is 0 Å². The van der Waals surface area contributed by atoms with Gasteiger partial charge in [0.2, 0.25) is 0 Å². The molecule has 0 radical (unpaired) electrons. The normalized spacial score (nSPS) is 23.4. The minimum absolute atomic E-state index is 0.617. The van der Waals surface area contributed by atoms with Gasteiger partial charge in [0, 0.05) is 12.1 Å². The molecule has 0 aromatic heterocycles. The third kappa shape index (κ3) is 6.50. The first kappa shape index (κ1) is 17.9. The molecule has 5 nitrogen and oxygen atoms in total. The number of rotatable bonds is 11. The lowest BCUT2D eigenvalue weighted by Gasteiger charge is -2.40. The summed E-state index contributed by atoms with van der Waals surface area (Å²) in [4.78, 5) is 2.62. The zero-order chi connectivity index (χ0) is 14.6. The van der Waals surface area contributed by atoms with E-state index in [-0.39, 0.29) is 0 Å². The first-order valence-corrected chi connectivity index (χ1v) is 8.41. The highest BCUT2D eigenvalue weighted by Crippen LogP contribution is 2.23. The summed E-state index contributed by atoms with van der Waals surface area (Å²) in [5.41, 5.74) is 17.0. The van der Waals surface area contributed by atoms with Crippen LogP contribution in [-0.4, -0.2) is 56.3 Å². The molecule has 0 spiro atoms. The average Bonchev–Trinajstić information content (AvgIpc) is 2.48. The highest BCUT2D eigenvalue weighted by molar-refractivity contribution is 4.88. The third-order valence-corrected chi connectivity index (χ3v) is 4.28. The topological polar surface area (TPSA) is 93.3 Å². The van der Waals surface area contributed by atoms with Gasteiger partial charge in [-0.1, -0.05) is 12.8 Å². The Morgan fingerprint density at radius 1 is 0.850 bits per heavy atom. The van der Waals surface area contributed by atoms with Gasteiger partial charge in [-0.3, -0.25) is 4.90 Å². The second kappa shape index (κ2) is 11.5. The van der Waals surface area contributed by atoms with Crippen molar-refractivity contribution in [2.45, 2.75) is 57.0 Å². The van der Waals surface area contributed by atoms with E-state index in [0.29, 0.717) is 12.1 Å². The molecule has 0 saturated heterocycles. The molecular formula is C15H35N5. The van der Waals surface area contributed by atoms with Gasteiger partial charge in [-0.25, -0.2) is 0 Å². The Morgan fingerprint density at radius 3 is 2.05 bits per heavy atom. The molecule has 1 rings (SSSR count). The van der Waals surface area contributed by atoms with E-state index in [0.717, 1.165) is 58.5 Å². The Bertz CT molecular complexity index is 216. The smallest absolute Gasteiger partial charge is 0.0249 e. The fourth-order valence-corrected chi connectivity index (χ4v) is 3.21. The molecule has 0 aliphatic heterocycles. The highest BCUT2D eigenvalue weighted by Gasteiger charge is 2.28. The predicted octanol–water partition coefficient (Wildman–Crippen LogP) is 0.236. The summed E-state index contributed by atoms with van der Waals surface area (Å²) in [5, 5.41) is 3.72. The SMILES string of the molecule is NCCCNC1CCCCC1N(CCCN)CCCN. The Kier molecular flexibility index (Phi) is 10.2. The maximum Gasteiger partial charge on any atom is 0.0249 e. The molecule has 0 amide bonds. The Balaban J connectivity index is 2.52. The van der Waals surface area contributed by atoms with Crippen molar-refractivity contribution >= 4 is 0 Å². The molecule has 1 aliphatic rings. The quantitative estimate of drug-likeness (QED) is 0.408. The number of hydrogen-bond acceptors (Lipinski definition) is 5. The molecule has 1 aliphatic carbocycles. The van der Waals surface area contributed by atoms with Crippen LogP contribution in [-0.2, 0) is 0 Å². The summed E-state index contributed by atoms with van der Waals surface area (Å²) in [6.45, 7) is 5.58. The minimum Gasteiger partial charge on any atom is -0.330 e. The van der Waals surface area contributed by atoms with E-state index in [2.05, 4.69) is 10.2 Å². The highest BCUT2D eigenvalue weighted by atomic mass is 15.2. The van der Waals surface area contributed by atoms with Crippen molar-refractivity contribution in [3.05, 3.63) is 0 Å². The summed E-state index contributed by atoms with van der Waals surface area (Å²) in [5.74, 6) is 0. The first-order chi connectivity index (χ1) is 9.83. The molecule has 0 heterocycles. The van der Waals surface area contributed by atoms with Gasteiger partial charge in [-0.2, -0.15) is 0 Å². The van der Waals surface area contributed by atoms with Crippen LogP contribution in [0.2, 0.25) is 0 Å². The van der Waals surface area contributed by atoms with Gasteiger partial charge in [-0.05, 0) is 71.4 Å². The molecule has 0 aromatic carbocycles. The van der Waals surface area contributed by atoms with Crippen LogP contribution in [0.15, 0.2) is 0 Å². The van der Waals surface area contributed by atoms with Gasteiger partial charge in [0.1, 0.15) is 0 Å². The Labute approximate surface area is 124 Å². The van der Waals surface area contributed by atoms with Gasteiger partial charge >= 0.3 is 0 Å². The maximum atomic E-state index is 5.69. The monoisotopic (exact) mass is 285 g/mol. The number of nitrogens with zero attached hydrogens (tertiary/aromatic N) is 1. The molecule has 120 valence electrons. The maximum absolute atomic E-state index is 5.69. The van der Waals surface area contributed by atoms with Crippen LogP contribution < -0.4 is 22.5 Å². The van der Waals surface area contributed by atoms with Crippen molar-refractivity contribution in [3.63, 3.8) is 0 Å². The lowest BCUT2D eigenvalue weighted by atomic mass is 9.88. The van der Waals surface area contributed by atoms with Crippen LogP contribution in [0.5, 0.6) is 0 Å². The van der Waals surface area contributed by atoms with Gasteiger partial charge in [0.15, 0.2) is 0 Å². The van der Waals surface area contributed by atoms with Gasteiger partial charge < -0.3 is 22.5 Å². The summed E-state index contributed by atoms with van der Waals surface area (Å²) in [7, 11) is 0. The van der Waals surface area contributed by atoms with Crippen molar-refractivity contribution < 1.29 is 0 Å². The second-order valence-electron chi connectivity index (χ2n) is 5.88. The lowest BCUT2D eigenvalue weighted by Crippen LogP contribution is -2.53. The van der Waals surface area contributed by atoms with E-state index in [1.54, 1.807) is 0 Å². The fourth-order valence-electron chi connectivity index (χ4n) is 3.21. The van der Waals surface area contributed by atoms with Crippen molar-refractivity contribution in [1.82, 2.24) is 10.2 Å². The van der Waals surface area contributed by atoms with E-state index in [1.165, 1.54) is 25.7 Å². The Morgan fingerprint density at radius 2 is 1.45 bits per heavy atom. The summed E-state index contributed by atoms with van der Waals surface area (Å²) >= 11 is 0. The molecule has 20 heavy (non-hydrogen) atoms. The molecule has 0 bridgehead atoms. The van der Waals surface area contributed by atoms with E-state index in [1.807, 2.05) is 0 Å². The lowest BCUT2D eigenvalue weighted by molar-refractivity contribution is 0.120. The molecule has 1 saturated carbocycles. The number of nitrogens with two attached hydrogens (primary N) is 3. The van der Waals surface area contributed by atoms with E-state index in [4.69, 9.17) is 17.2 Å². The molecule has 0 aromatic rings. The van der Waals surface area contributed by atoms with Crippen LogP contribution in [0.4, 0.5) is 0 Å². The standard InChI is InChI=1S/C15H35N5/c16-8-3-11-19-14-6-1-2-7-15(14)20(12-4-9-17)13-5-10-18/h14-15,19H,1-13,16-18H2. The van der Waals surface area contributed by atoms with E-state index < -0.39 is 0 Å². The number of hydrogen-bond donors (Lipinski definition) is 4. The van der Waals surface area contributed by atoms with Crippen LogP contribution in [0.3, 0.4) is 0 Å². The first-order valence-electron chi connectivity index (χ1n) is 8.41. The van der Waals surface area contributed by atoms with Crippen LogP contribution in [0.1, 0.15) is 44.9 Å². The molecule has 1 fully saturated rings. The number of nitrogens with one attached hydrogen (secondary N) is 1. The van der Waals surface area contributed by atoms with Crippen molar-refractivity contribution in [3.8, 4) is 0 Å². The zero-order valence-corrected chi connectivity index (χ0v) is 13.0. The predicted molar refractivity (Wildman–Crippen MR) is 86.6 cm³/mol. The van der Waals surface area contributed by atoms with Crippen LogP contribution in [0.25, 0.3) is 0 Å². The fraction of sp³-hybridized carbons (Fsp3) is 1.00. The van der Waals surface area contributed by atoms with Gasteiger partial charge in [0.25, 0.3) is 0 Å². The molecule has 7 N–H and O–H groups in total. The minimum atomic E-state index is 0.617. The Hall–Kier alpha value is -0.200. The average molecular weight is 285 g/mol. The summed E-state index contributed by atoms with van der Waals surface area (Å²) in [6, 6.07) is 1.27. The van der Waals surface area contributed by atoms with Gasteiger partial charge in [-0.15, -0.1) is 0 Å². The van der Waals surface area contributed by atoms with Gasteiger partial charge in [0.05, 0.1) is 0 Å². The molecule has 2 unspecified atom stereocenters.